The quantitative estimate of drug-likeness (QED) is 0.656. The molecule has 3 nitrogen and oxygen atoms in total. The van der Waals surface area contributed by atoms with Gasteiger partial charge in [-0.05, 0) is 18.1 Å². The van der Waals surface area contributed by atoms with Crippen LogP contribution in [0.25, 0.3) is 0 Å². The van der Waals surface area contributed by atoms with Crippen LogP contribution in [0.4, 0.5) is 0 Å². The van der Waals surface area contributed by atoms with Gasteiger partial charge in [0.2, 0.25) is 5.91 Å². The third kappa shape index (κ3) is 1.59. The predicted molar refractivity (Wildman–Crippen MR) is 48.3 cm³/mol. The SMILES string of the molecule is CN1CC(c2ccoc2)CCC1=O. The molecule has 1 unspecified atom stereocenters. The Hall–Kier alpha value is -1.25. The molecule has 0 aliphatic carbocycles. The summed E-state index contributed by atoms with van der Waals surface area (Å²) in [5.41, 5.74) is 1.21. The number of piperidine rings is 1. The molecule has 0 N–H and O–H groups in total. The van der Waals surface area contributed by atoms with Crippen LogP contribution in [0.5, 0.6) is 0 Å². The molecule has 0 bridgehead atoms. The molecule has 2 rings (SSSR count). The summed E-state index contributed by atoms with van der Waals surface area (Å²) in [6.07, 6.45) is 5.06. The Kier molecular flexibility index (Phi) is 2.08. The molecule has 70 valence electrons. The van der Waals surface area contributed by atoms with Gasteiger partial charge in [-0.2, -0.15) is 0 Å². The van der Waals surface area contributed by atoms with Crippen LogP contribution < -0.4 is 0 Å². The molecule has 1 aliphatic heterocycles. The van der Waals surface area contributed by atoms with E-state index in [0.29, 0.717) is 12.3 Å². The molecule has 0 radical (unpaired) electrons. The number of likely N-dealkylation sites (tertiary alicyclic amines) is 1. The highest BCUT2D eigenvalue weighted by Crippen LogP contribution is 2.26. The summed E-state index contributed by atoms with van der Waals surface area (Å²) in [4.78, 5) is 13.0. The first-order valence-electron chi connectivity index (χ1n) is 4.53. The van der Waals surface area contributed by atoms with Crippen LogP contribution in [-0.4, -0.2) is 24.4 Å². The highest BCUT2D eigenvalue weighted by atomic mass is 16.3. The zero-order valence-corrected chi connectivity index (χ0v) is 7.69. The molecule has 3 heteroatoms. The molecule has 1 aliphatic rings. The van der Waals surface area contributed by atoms with Gasteiger partial charge in [-0.15, -0.1) is 0 Å². The van der Waals surface area contributed by atoms with Crippen LogP contribution in [0, 0.1) is 0 Å². The Morgan fingerprint density at radius 3 is 3.08 bits per heavy atom. The fraction of sp³-hybridized carbons (Fsp3) is 0.500. The largest absolute Gasteiger partial charge is 0.472 e. The van der Waals surface area contributed by atoms with Crippen molar-refractivity contribution in [3.8, 4) is 0 Å². The lowest BCUT2D eigenvalue weighted by atomic mass is 9.92. The van der Waals surface area contributed by atoms with Gasteiger partial charge in [0.1, 0.15) is 0 Å². The zero-order chi connectivity index (χ0) is 9.26. The van der Waals surface area contributed by atoms with E-state index in [9.17, 15) is 4.79 Å². The number of hydrogen-bond donors (Lipinski definition) is 0. The average Bonchev–Trinajstić information content (AvgIpc) is 2.62. The van der Waals surface area contributed by atoms with E-state index in [4.69, 9.17) is 4.42 Å². The van der Waals surface area contributed by atoms with Gasteiger partial charge in [0.25, 0.3) is 0 Å². The Balaban J connectivity index is 2.07. The van der Waals surface area contributed by atoms with Crippen molar-refractivity contribution in [1.29, 1.82) is 0 Å². The van der Waals surface area contributed by atoms with Crippen LogP contribution in [0.3, 0.4) is 0 Å². The molecule has 0 saturated carbocycles. The molecule has 1 atom stereocenters. The lowest BCUT2D eigenvalue weighted by molar-refractivity contribution is -0.132. The Morgan fingerprint density at radius 1 is 1.62 bits per heavy atom. The van der Waals surface area contributed by atoms with E-state index >= 15 is 0 Å². The maximum Gasteiger partial charge on any atom is 0.222 e. The van der Waals surface area contributed by atoms with E-state index in [1.54, 1.807) is 17.4 Å². The van der Waals surface area contributed by atoms with Crippen LogP contribution in [0.2, 0.25) is 0 Å². The van der Waals surface area contributed by atoms with E-state index in [1.165, 1.54) is 5.56 Å². The van der Waals surface area contributed by atoms with E-state index in [0.717, 1.165) is 13.0 Å². The van der Waals surface area contributed by atoms with E-state index in [2.05, 4.69) is 0 Å². The summed E-state index contributed by atoms with van der Waals surface area (Å²) in [7, 11) is 1.86. The normalized spacial score (nSPS) is 23.6. The number of nitrogens with zero attached hydrogens (tertiary/aromatic N) is 1. The monoisotopic (exact) mass is 179 g/mol. The minimum atomic E-state index is 0.250. The van der Waals surface area contributed by atoms with Gasteiger partial charge in [-0.25, -0.2) is 0 Å². The molecule has 1 aromatic heterocycles. The number of likely N-dealkylation sites (N-methyl/N-ethyl adjacent to an activating group) is 1. The first-order chi connectivity index (χ1) is 6.27. The summed E-state index contributed by atoms with van der Waals surface area (Å²) in [6.45, 7) is 0.818. The fourth-order valence-corrected chi connectivity index (χ4v) is 1.79. The van der Waals surface area contributed by atoms with Crippen molar-refractivity contribution in [2.45, 2.75) is 18.8 Å². The van der Waals surface area contributed by atoms with Crippen molar-refractivity contribution in [2.24, 2.45) is 0 Å². The van der Waals surface area contributed by atoms with Gasteiger partial charge in [-0.1, -0.05) is 0 Å². The summed E-state index contributed by atoms with van der Waals surface area (Å²) < 4.78 is 5.03. The van der Waals surface area contributed by atoms with E-state index in [1.807, 2.05) is 13.1 Å². The third-order valence-corrected chi connectivity index (χ3v) is 2.64. The van der Waals surface area contributed by atoms with Gasteiger partial charge in [0.05, 0.1) is 12.5 Å². The van der Waals surface area contributed by atoms with Crippen LogP contribution >= 0.6 is 0 Å². The summed E-state index contributed by atoms with van der Waals surface area (Å²) in [5.74, 6) is 0.709. The van der Waals surface area contributed by atoms with Gasteiger partial charge in [0, 0.05) is 25.9 Å². The smallest absolute Gasteiger partial charge is 0.222 e. The van der Waals surface area contributed by atoms with Crippen molar-refractivity contribution in [3.63, 3.8) is 0 Å². The third-order valence-electron chi connectivity index (χ3n) is 2.64. The molecule has 1 amide bonds. The first kappa shape index (κ1) is 8.35. The van der Waals surface area contributed by atoms with E-state index in [-0.39, 0.29) is 5.91 Å². The van der Waals surface area contributed by atoms with Crippen LogP contribution in [0.1, 0.15) is 24.3 Å². The molecule has 1 saturated heterocycles. The van der Waals surface area contributed by atoms with Gasteiger partial charge in [-0.3, -0.25) is 4.79 Å². The summed E-state index contributed by atoms with van der Waals surface area (Å²) >= 11 is 0. The van der Waals surface area contributed by atoms with Crippen LogP contribution in [0.15, 0.2) is 23.0 Å². The van der Waals surface area contributed by atoms with Gasteiger partial charge < -0.3 is 9.32 Å². The number of furan rings is 1. The van der Waals surface area contributed by atoms with Crippen LogP contribution in [-0.2, 0) is 4.79 Å². The Morgan fingerprint density at radius 2 is 2.46 bits per heavy atom. The molecular formula is C10H13NO2. The topological polar surface area (TPSA) is 33.5 Å². The highest BCUT2D eigenvalue weighted by molar-refractivity contribution is 5.76. The Labute approximate surface area is 77.3 Å². The number of hydrogen-bond acceptors (Lipinski definition) is 2. The standard InChI is InChI=1S/C10H13NO2/c1-11-6-8(2-3-10(11)12)9-4-5-13-7-9/h4-5,7-8H,2-3,6H2,1H3. The summed E-state index contributed by atoms with van der Waals surface area (Å²) in [6, 6.07) is 1.98. The molecule has 1 fully saturated rings. The van der Waals surface area contributed by atoms with Gasteiger partial charge in [0.15, 0.2) is 0 Å². The zero-order valence-electron chi connectivity index (χ0n) is 7.69. The van der Waals surface area contributed by atoms with E-state index < -0.39 is 0 Å². The highest BCUT2D eigenvalue weighted by Gasteiger charge is 2.24. The first-order valence-corrected chi connectivity index (χ1v) is 4.53. The number of carbonyl (C=O) groups excluding carboxylic acids is 1. The second-order valence-corrected chi connectivity index (χ2v) is 3.57. The van der Waals surface area contributed by atoms with Gasteiger partial charge >= 0.3 is 0 Å². The molecule has 0 aromatic carbocycles. The predicted octanol–water partition coefficient (Wildman–Crippen LogP) is 1.62. The van der Waals surface area contributed by atoms with Crippen molar-refractivity contribution in [1.82, 2.24) is 4.90 Å². The minimum Gasteiger partial charge on any atom is -0.472 e. The second-order valence-electron chi connectivity index (χ2n) is 3.57. The number of rotatable bonds is 1. The maximum absolute atomic E-state index is 11.2. The lowest BCUT2D eigenvalue weighted by Crippen LogP contribution is -2.35. The number of carbonyl (C=O) groups is 1. The fourth-order valence-electron chi connectivity index (χ4n) is 1.79. The molecule has 2 heterocycles. The minimum absolute atomic E-state index is 0.250. The molecular weight excluding hydrogens is 166 g/mol. The average molecular weight is 179 g/mol. The number of amides is 1. The summed E-state index contributed by atoms with van der Waals surface area (Å²) in [5, 5.41) is 0. The van der Waals surface area contributed by atoms with Crippen molar-refractivity contribution in [3.05, 3.63) is 24.2 Å². The lowest BCUT2D eigenvalue weighted by Gasteiger charge is -2.28. The molecule has 0 spiro atoms. The van der Waals surface area contributed by atoms with Crippen molar-refractivity contribution in [2.75, 3.05) is 13.6 Å². The maximum atomic E-state index is 11.2. The van der Waals surface area contributed by atoms with Crippen molar-refractivity contribution >= 4 is 5.91 Å². The van der Waals surface area contributed by atoms with Crippen molar-refractivity contribution < 1.29 is 9.21 Å². The molecule has 1 aromatic rings. The Bertz CT molecular complexity index is 292. The molecule has 13 heavy (non-hydrogen) atoms. The second kappa shape index (κ2) is 3.24.